The summed E-state index contributed by atoms with van der Waals surface area (Å²) >= 11 is 0. The first kappa shape index (κ1) is 13.5. The normalized spacial score (nSPS) is 20.7. The van der Waals surface area contributed by atoms with E-state index in [1.165, 1.54) is 25.9 Å². The summed E-state index contributed by atoms with van der Waals surface area (Å²) in [6.45, 7) is 5.09. The maximum atomic E-state index is 11.4. The van der Waals surface area contributed by atoms with Gasteiger partial charge in [-0.25, -0.2) is 0 Å². The van der Waals surface area contributed by atoms with Gasteiger partial charge < -0.3 is 16.0 Å². The third-order valence-corrected chi connectivity index (χ3v) is 3.47. The second kappa shape index (κ2) is 6.86. The zero-order valence-electron chi connectivity index (χ0n) is 10.5. The minimum Gasteiger partial charge on any atom is -0.355 e. The quantitative estimate of drug-likeness (QED) is 0.722. The number of nitrogens with one attached hydrogen (secondary N) is 1. The summed E-state index contributed by atoms with van der Waals surface area (Å²) in [5.74, 6) is 0.768. The van der Waals surface area contributed by atoms with Gasteiger partial charge in [-0.05, 0) is 51.7 Å². The van der Waals surface area contributed by atoms with Crippen molar-refractivity contribution in [2.75, 3.05) is 26.7 Å². The molecule has 0 aromatic rings. The Bertz CT molecular complexity index is 212. The summed E-state index contributed by atoms with van der Waals surface area (Å²) < 4.78 is 0. The Morgan fingerprint density at radius 2 is 2.12 bits per heavy atom. The van der Waals surface area contributed by atoms with Crippen LogP contribution in [0.4, 0.5) is 0 Å². The number of nitrogens with two attached hydrogens (primary N) is 1. The molecule has 0 aromatic carbocycles. The lowest BCUT2D eigenvalue weighted by atomic mass is 9.94. The van der Waals surface area contributed by atoms with E-state index in [0.717, 1.165) is 18.9 Å². The number of nitrogens with zero attached hydrogens (tertiary/aromatic N) is 1. The topological polar surface area (TPSA) is 58.4 Å². The minimum atomic E-state index is -0.336. The zero-order chi connectivity index (χ0) is 12.0. The molecule has 1 fully saturated rings. The minimum absolute atomic E-state index is 0.00423. The molecule has 0 saturated carbocycles. The van der Waals surface area contributed by atoms with Crippen molar-refractivity contribution < 1.29 is 4.79 Å². The van der Waals surface area contributed by atoms with Crippen molar-refractivity contribution in [3.63, 3.8) is 0 Å². The van der Waals surface area contributed by atoms with Crippen molar-refractivity contribution in [3.8, 4) is 0 Å². The SMILES string of the molecule is CC[C@@H](N)C(=O)NCCC1CCN(C)CC1. The number of rotatable bonds is 5. The molecule has 0 spiro atoms. The lowest BCUT2D eigenvalue weighted by molar-refractivity contribution is -0.122. The first-order valence-electron chi connectivity index (χ1n) is 6.35. The van der Waals surface area contributed by atoms with E-state index in [1.54, 1.807) is 0 Å². The smallest absolute Gasteiger partial charge is 0.236 e. The Morgan fingerprint density at radius 1 is 1.50 bits per heavy atom. The molecule has 3 N–H and O–H groups in total. The van der Waals surface area contributed by atoms with Crippen LogP contribution in [0.1, 0.15) is 32.6 Å². The van der Waals surface area contributed by atoms with Gasteiger partial charge in [-0.3, -0.25) is 4.79 Å². The number of likely N-dealkylation sites (tertiary alicyclic amines) is 1. The highest BCUT2D eigenvalue weighted by Crippen LogP contribution is 2.18. The largest absolute Gasteiger partial charge is 0.355 e. The third kappa shape index (κ3) is 4.49. The van der Waals surface area contributed by atoms with Crippen molar-refractivity contribution >= 4 is 5.91 Å². The molecule has 4 nitrogen and oxygen atoms in total. The highest BCUT2D eigenvalue weighted by Gasteiger charge is 2.17. The van der Waals surface area contributed by atoms with E-state index in [4.69, 9.17) is 5.73 Å². The lowest BCUT2D eigenvalue weighted by Crippen LogP contribution is -2.41. The lowest BCUT2D eigenvalue weighted by Gasteiger charge is -2.28. The summed E-state index contributed by atoms with van der Waals surface area (Å²) in [7, 11) is 2.16. The number of amides is 1. The van der Waals surface area contributed by atoms with Crippen molar-refractivity contribution in [2.45, 2.75) is 38.6 Å². The molecule has 1 amide bonds. The fourth-order valence-electron chi connectivity index (χ4n) is 2.07. The first-order valence-corrected chi connectivity index (χ1v) is 6.35. The Morgan fingerprint density at radius 3 is 2.69 bits per heavy atom. The van der Waals surface area contributed by atoms with Crippen LogP contribution in [0.3, 0.4) is 0 Å². The van der Waals surface area contributed by atoms with Gasteiger partial charge in [-0.15, -0.1) is 0 Å². The second-order valence-corrected chi connectivity index (χ2v) is 4.84. The summed E-state index contributed by atoms with van der Waals surface area (Å²) in [5, 5.41) is 2.91. The molecule has 16 heavy (non-hydrogen) atoms. The molecule has 0 unspecified atom stereocenters. The summed E-state index contributed by atoms with van der Waals surface area (Å²) in [6.07, 6.45) is 4.31. The van der Waals surface area contributed by atoms with Crippen LogP contribution in [0.15, 0.2) is 0 Å². The predicted molar refractivity (Wildman–Crippen MR) is 66.1 cm³/mol. The van der Waals surface area contributed by atoms with Crippen molar-refractivity contribution in [1.29, 1.82) is 0 Å². The molecule has 0 aromatic heterocycles. The predicted octanol–water partition coefficient (Wildman–Crippen LogP) is 0.572. The van der Waals surface area contributed by atoms with Crippen LogP contribution in [0.25, 0.3) is 0 Å². The van der Waals surface area contributed by atoms with Crippen LogP contribution in [0.2, 0.25) is 0 Å². The third-order valence-electron chi connectivity index (χ3n) is 3.47. The Hall–Kier alpha value is -0.610. The van der Waals surface area contributed by atoms with Gasteiger partial charge in [0.25, 0.3) is 0 Å². The number of hydrogen-bond donors (Lipinski definition) is 2. The van der Waals surface area contributed by atoms with Crippen LogP contribution >= 0.6 is 0 Å². The Labute approximate surface area is 98.6 Å². The van der Waals surface area contributed by atoms with Gasteiger partial charge in [0.15, 0.2) is 0 Å². The van der Waals surface area contributed by atoms with Crippen LogP contribution in [0, 0.1) is 5.92 Å². The van der Waals surface area contributed by atoms with Gasteiger partial charge >= 0.3 is 0 Å². The maximum absolute atomic E-state index is 11.4. The average Bonchev–Trinajstić information content (AvgIpc) is 2.30. The molecule has 94 valence electrons. The Kier molecular flexibility index (Phi) is 5.77. The summed E-state index contributed by atoms with van der Waals surface area (Å²) in [6, 6.07) is -0.336. The highest BCUT2D eigenvalue weighted by molar-refractivity contribution is 5.81. The number of piperidine rings is 1. The Balaban J connectivity index is 2.09. The van der Waals surface area contributed by atoms with Crippen LogP contribution < -0.4 is 11.1 Å². The van der Waals surface area contributed by atoms with Crippen LogP contribution in [-0.2, 0) is 4.79 Å². The molecule has 1 aliphatic heterocycles. The maximum Gasteiger partial charge on any atom is 0.236 e. The molecule has 4 heteroatoms. The van der Waals surface area contributed by atoms with Gasteiger partial charge in [-0.1, -0.05) is 6.92 Å². The van der Waals surface area contributed by atoms with Gasteiger partial charge in [0, 0.05) is 6.54 Å². The van der Waals surface area contributed by atoms with E-state index in [9.17, 15) is 4.79 Å². The van der Waals surface area contributed by atoms with Crippen molar-refractivity contribution in [2.24, 2.45) is 11.7 Å². The molecule has 1 atom stereocenters. The molecule has 1 heterocycles. The van der Waals surface area contributed by atoms with Gasteiger partial charge in [-0.2, -0.15) is 0 Å². The second-order valence-electron chi connectivity index (χ2n) is 4.84. The first-order chi connectivity index (χ1) is 7.63. The molecule has 0 bridgehead atoms. The summed E-state index contributed by atoms with van der Waals surface area (Å²) in [5.41, 5.74) is 5.64. The van der Waals surface area contributed by atoms with E-state index in [-0.39, 0.29) is 11.9 Å². The zero-order valence-corrected chi connectivity index (χ0v) is 10.5. The van der Waals surface area contributed by atoms with Gasteiger partial charge in [0.1, 0.15) is 0 Å². The molecule has 0 aliphatic carbocycles. The molecule has 1 saturated heterocycles. The van der Waals surface area contributed by atoms with Crippen LogP contribution in [-0.4, -0.2) is 43.5 Å². The van der Waals surface area contributed by atoms with E-state index in [1.807, 2.05) is 6.92 Å². The monoisotopic (exact) mass is 227 g/mol. The highest BCUT2D eigenvalue weighted by atomic mass is 16.2. The van der Waals surface area contributed by atoms with Crippen molar-refractivity contribution in [3.05, 3.63) is 0 Å². The molecular weight excluding hydrogens is 202 g/mol. The van der Waals surface area contributed by atoms with Crippen molar-refractivity contribution in [1.82, 2.24) is 10.2 Å². The number of carbonyl (C=O) groups excluding carboxylic acids is 1. The molecule has 0 radical (unpaired) electrons. The van der Waals surface area contributed by atoms with E-state index >= 15 is 0 Å². The standard InChI is InChI=1S/C12H25N3O/c1-3-11(13)12(16)14-7-4-10-5-8-15(2)9-6-10/h10-11H,3-9,13H2,1-2H3,(H,14,16)/t11-/m1/s1. The molecular formula is C12H25N3O. The van der Waals surface area contributed by atoms with E-state index in [2.05, 4.69) is 17.3 Å². The van der Waals surface area contributed by atoms with Gasteiger partial charge in [0.05, 0.1) is 6.04 Å². The number of carbonyl (C=O) groups is 1. The number of hydrogen-bond acceptors (Lipinski definition) is 3. The van der Waals surface area contributed by atoms with Crippen LogP contribution in [0.5, 0.6) is 0 Å². The van der Waals surface area contributed by atoms with Gasteiger partial charge in [0.2, 0.25) is 5.91 Å². The van der Waals surface area contributed by atoms with E-state index in [0.29, 0.717) is 6.42 Å². The molecule has 1 rings (SSSR count). The average molecular weight is 227 g/mol. The fraction of sp³-hybridized carbons (Fsp3) is 0.917. The molecule has 1 aliphatic rings. The van der Waals surface area contributed by atoms with E-state index < -0.39 is 0 Å². The summed E-state index contributed by atoms with van der Waals surface area (Å²) in [4.78, 5) is 13.8. The fourth-order valence-corrected chi connectivity index (χ4v) is 2.07.